The van der Waals surface area contributed by atoms with Gasteiger partial charge in [-0.25, -0.2) is 4.79 Å². The normalized spacial score (nSPS) is 11.3. The van der Waals surface area contributed by atoms with E-state index in [1.807, 2.05) is 48.5 Å². The Morgan fingerprint density at radius 2 is 1.69 bits per heavy atom. The minimum absolute atomic E-state index is 0.0445. The minimum atomic E-state index is -0.702. The van der Waals surface area contributed by atoms with E-state index in [1.54, 1.807) is 30.6 Å². The Hall–Kier alpha value is -3.87. The number of nitrogens with two attached hydrogens (primary N) is 1. The number of nitrogens with zero attached hydrogens (tertiary/aromatic N) is 1. The number of hydrogen-bond acceptors (Lipinski definition) is 4. The van der Waals surface area contributed by atoms with Crippen LogP contribution in [0.3, 0.4) is 0 Å². The van der Waals surface area contributed by atoms with Crippen LogP contribution in [0.2, 0.25) is 0 Å². The van der Waals surface area contributed by atoms with Crippen LogP contribution in [0.5, 0.6) is 11.5 Å². The maximum atomic E-state index is 12.4. The number of benzene rings is 2. The lowest BCUT2D eigenvalue weighted by Crippen LogP contribution is -2.36. The van der Waals surface area contributed by atoms with Crippen LogP contribution in [0, 0.1) is 0 Å². The van der Waals surface area contributed by atoms with Gasteiger partial charge in [-0.15, -0.1) is 0 Å². The van der Waals surface area contributed by atoms with Gasteiger partial charge in [-0.05, 0) is 47.5 Å². The third-order valence-electron chi connectivity index (χ3n) is 4.18. The van der Waals surface area contributed by atoms with Crippen molar-refractivity contribution in [1.29, 1.82) is 0 Å². The van der Waals surface area contributed by atoms with E-state index >= 15 is 0 Å². The van der Waals surface area contributed by atoms with Gasteiger partial charge in [0, 0.05) is 18.9 Å². The molecule has 0 radical (unpaired) electrons. The van der Waals surface area contributed by atoms with E-state index in [9.17, 15) is 9.59 Å². The third-order valence-corrected chi connectivity index (χ3v) is 4.18. The van der Waals surface area contributed by atoms with Gasteiger partial charge in [-0.3, -0.25) is 9.78 Å². The average molecular weight is 390 g/mol. The first-order valence-electron chi connectivity index (χ1n) is 9.14. The summed E-state index contributed by atoms with van der Waals surface area (Å²) >= 11 is 0. The monoisotopic (exact) mass is 390 g/mol. The number of pyridine rings is 1. The molecule has 0 saturated heterocycles. The van der Waals surface area contributed by atoms with Crippen molar-refractivity contribution in [2.24, 2.45) is 5.73 Å². The molecule has 1 heterocycles. The first-order chi connectivity index (χ1) is 14.1. The Labute approximate surface area is 168 Å². The van der Waals surface area contributed by atoms with Crippen molar-refractivity contribution in [3.05, 3.63) is 90.3 Å². The number of rotatable bonds is 8. The zero-order chi connectivity index (χ0) is 20.5. The number of amides is 3. The van der Waals surface area contributed by atoms with E-state index in [2.05, 4.69) is 15.6 Å². The van der Waals surface area contributed by atoms with Crippen LogP contribution in [-0.2, 0) is 11.3 Å². The molecule has 0 spiro atoms. The van der Waals surface area contributed by atoms with Crippen LogP contribution in [0.25, 0.3) is 0 Å². The standard InChI is InChI=1S/C22H22N4O3/c23-22(28)26-20(14-21(27)25-15-16-9-11-24-12-10-16)17-5-4-8-19(13-17)29-18-6-2-1-3-7-18/h1-13,20H,14-15H2,(H,25,27)(H3,23,26,28)/t20-/m0/s1. The maximum absolute atomic E-state index is 12.4. The van der Waals surface area contributed by atoms with Gasteiger partial charge in [-0.2, -0.15) is 0 Å². The number of carbonyl (C=O) groups is 2. The summed E-state index contributed by atoms with van der Waals surface area (Å²) in [6.45, 7) is 0.377. The number of ether oxygens (including phenoxy) is 1. The Balaban J connectivity index is 1.68. The largest absolute Gasteiger partial charge is 0.457 e. The van der Waals surface area contributed by atoms with Crippen molar-refractivity contribution >= 4 is 11.9 Å². The van der Waals surface area contributed by atoms with Crippen LogP contribution in [0.1, 0.15) is 23.6 Å². The van der Waals surface area contributed by atoms with Crippen LogP contribution < -0.4 is 21.1 Å². The Kier molecular flexibility index (Phi) is 6.78. The summed E-state index contributed by atoms with van der Waals surface area (Å²) in [7, 11) is 0. The molecule has 0 aliphatic rings. The molecule has 4 N–H and O–H groups in total. The fourth-order valence-corrected chi connectivity index (χ4v) is 2.80. The lowest BCUT2D eigenvalue weighted by molar-refractivity contribution is -0.121. The fraction of sp³-hybridized carbons (Fsp3) is 0.136. The van der Waals surface area contributed by atoms with Crippen LogP contribution in [-0.4, -0.2) is 16.9 Å². The van der Waals surface area contributed by atoms with Crippen molar-refractivity contribution in [2.75, 3.05) is 0 Å². The van der Waals surface area contributed by atoms with Gasteiger partial charge in [0.2, 0.25) is 5.91 Å². The second-order valence-corrected chi connectivity index (χ2v) is 6.39. The number of para-hydroxylation sites is 1. The summed E-state index contributed by atoms with van der Waals surface area (Å²) in [5.74, 6) is 1.08. The van der Waals surface area contributed by atoms with E-state index < -0.39 is 12.1 Å². The first kappa shape index (κ1) is 19.9. The lowest BCUT2D eigenvalue weighted by atomic mass is 10.0. The molecule has 7 heteroatoms. The Morgan fingerprint density at radius 3 is 2.41 bits per heavy atom. The van der Waals surface area contributed by atoms with Crippen LogP contribution in [0.4, 0.5) is 4.79 Å². The highest BCUT2D eigenvalue weighted by atomic mass is 16.5. The summed E-state index contributed by atoms with van der Waals surface area (Å²) in [5, 5.41) is 5.47. The van der Waals surface area contributed by atoms with E-state index in [4.69, 9.17) is 10.5 Å². The van der Waals surface area contributed by atoms with Gasteiger partial charge in [-0.1, -0.05) is 30.3 Å². The molecule has 3 amide bonds. The minimum Gasteiger partial charge on any atom is -0.457 e. The molecule has 0 fully saturated rings. The topological polar surface area (TPSA) is 106 Å². The highest BCUT2D eigenvalue weighted by Gasteiger charge is 2.18. The Bertz CT molecular complexity index is 949. The summed E-state index contributed by atoms with van der Waals surface area (Å²) in [5.41, 5.74) is 6.97. The van der Waals surface area contributed by atoms with Crippen molar-refractivity contribution in [1.82, 2.24) is 15.6 Å². The van der Waals surface area contributed by atoms with Crippen LogP contribution >= 0.6 is 0 Å². The van der Waals surface area contributed by atoms with Gasteiger partial charge in [0.15, 0.2) is 0 Å². The second-order valence-electron chi connectivity index (χ2n) is 6.39. The lowest BCUT2D eigenvalue weighted by Gasteiger charge is -2.19. The molecule has 0 aliphatic carbocycles. The molecule has 7 nitrogen and oxygen atoms in total. The first-order valence-corrected chi connectivity index (χ1v) is 9.14. The second kappa shape index (κ2) is 9.89. The number of carbonyl (C=O) groups excluding carboxylic acids is 2. The molecule has 0 bridgehead atoms. The predicted molar refractivity (Wildman–Crippen MR) is 109 cm³/mol. The number of hydrogen-bond donors (Lipinski definition) is 3. The average Bonchev–Trinajstić information content (AvgIpc) is 2.73. The van der Waals surface area contributed by atoms with Gasteiger partial charge in [0.05, 0.1) is 12.5 Å². The zero-order valence-corrected chi connectivity index (χ0v) is 15.7. The molecule has 0 aliphatic heterocycles. The smallest absolute Gasteiger partial charge is 0.312 e. The van der Waals surface area contributed by atoms with E-state index in [1.165, 1.54) is 0 Å². The molecule has 1 aromatic heterocycles. The summed E-state index contributed by atoms with van der Waals surface area (Å²) < 4.78 is 5.83. The molecule has 2 aromatic carbocycles. The van der Waals surface area contributed by atoms with Crippen molar-refractivity contribution < 1.29 is 14.3 Å². The quantitative estimate of drug-likeness (QED) is 0.549. The zero-order valence-electron chi connectivity index (χ0n) is 15.7. The molecule has 0 saturated carbocycles. The molecular weight excluding hydrogens is 368 g/mol. The van der Waals surface area contributed by atoms with Crippen molar-refractivity contribution in [3.63, 3.8) is 0 Å². The van der Waals surface area contributed by atoms with Gasteiger partial charge >= 0.3 is 6.03 Å². The van der Waals surface area contributed by atoms with Crippen molar-refractivity contribution in [2.45, 2.75) is 19.0 Å². The summed E-state index contributed by atoms with van der Waals surface area (Å²) in [6.07, 6.45) is 3.37. The number of urea groups is 1. The van der Waals surface area contributed by atoms with Gasteiger partial charge in [0.25, 0.3) is 0 Å². The van der Waals surface area contributed by atoms with Gasteiger partial charge < -0.3 is 21.1 Å². The highest BCUT2D eigenvalue weighted by molar-refractivity contribution is 5.78. The number of aromatic nitrogens is 1. The third kappa shape index (κ3) is 6.35. The molecular formula is C22H22N4O3. The molecule has 29 heavy (non-hydrogen) atoms. The number of primary amides is 1. The molecule has 3 rings (SSSR count). The van der Waals surface area contributed by atoms with E-state index in [-0.39, 0.29) is 12.3 Å². The predicted octanol–water partition coefficient (Wildman–Crippen LogP) is 3.29. The summed E-state index contributed by atoms with van der Waals surface area (Å²) in [4.78, 5) is 27.8. The summed E-state index contributed by atoms with van der Waals surface area (Å²) in [6, 6.07) is 18.9. The van der Waals surface area contributed by atoms with E-state index in [0.717, 1.165) is 11.1 Å². The van der Waals surface area contributed by atoms with Crippen molar-refractivity contribution in [3.8, 4) is 11.5 Å². The molecule has 0 unspecified atom stereocenters. The molecule has 1 atom stereocenters. The van der Waals surface area contributed by atoms with Gasteiger partial charge in [0.1, 0.15) is 11.5 Å². The Morgan fingerprint density at radius 1 is 0.966 bits per heavy atom. The van der Waals surface area contributed by atoms with E-state index in [0.29, 0.717) is 18.0 Å². The number of nitrogens with one attached hydrogen (secondary N) is 2. The maximum Gasteiger partial charge on any atom is 0.312 e. The molecule has 148 valence electrons. The highest BCUT2D eigenvalue weighted by Crippen LogP contribution is 2.26. The fourth-order valence-electron chi connectivity index (χ4n) is 2.80. The SMILES string of the molecule is NC(=O)N[C@@H](CC(=O)NCc1ccncc1)c1cccc(Oc2ccccc2)c1. The molecule has 3 aromatic rings. The van der Waals surface area contributed by atoms with Crippen LogP contribution in [0.15, 0.2) is 79.1 Å².